The molecular formula is C13H22N2O3. The van der Waals surface area contributed by atoms with Crippen LogP contribution in [0.15, 0.2) is 4.52 Å². The molecule has 1 aliphatic rings. The molecule has 102 valence electrons. The standard InChI is InChI=1S/C13H22N2O3/c1-8-6-13(16,9(2)17-8)7-10-14-11(15-18-10)12(3,4)5/h8-9,16H,6-7H2,1-5H3. The highest BCUT2D eigenvalue weighted by Gasteiger charge is 2.44. The van der Waals surface area contributed by atoms with Gasteiger partial charge in [-0.1, -0.05) is 25.9 Å². The predicted molar refractivity (Wildman–Crippen MR) is 66.3 cm³/mol. The molecule has 3 atom stereocenters. The summed E-state index contributed by atoms with van der Waals surface area (Å²) in [5.74, 6) is 1.15. The third-order valence-electron chi connectivity index (χ3n) is 3.43. The number of aliphatic hydroxyl groups is 1. The fourth-order valence-corrected chi connectivity index (χ4v) is 2.30. The van der Waals surface area contributed by atoms with Crippen molar-refractivity contribution in [1.29, 1.82) is 0 Å². The van der Waals surface area contributed by atoms with Crippen molar-refractivity contribution >= 4 is 0 Å². The van der Waals surface area contributed by atoms with E-state index in [1.807, 2.05) is 34.6 Å². The van der Waals surface area contributed by atoms with Crippen LogP contribution in [0.5, 0.6) is 0 Å². The Bertz CT molecular complexity index is 424. The van der Waals surface area contributed by atoms with Gasteiger partial charge in [0.2, 0.25) is 5.89 Å². The Labute approximate surface area is 108 Å². The van der Waals surface area contributed by atoms with Gasteiger partial charge < -0.3 is 14.4 Å². The van der Waals surface area contributed by atoms with E-state index in [-0.39, 0.29) is 17.6 Å². The third-order valence-corrected chi connectivity index (χ3v) is 3.43. The van der Waals surface area contributed by atoms with Gasteiger partial charge in [0.15, 0.2) is 5.82 Å². The smallest absolute Gasteiger partial charge is 0.229 e. The average Bonchev–Trinajstić information content (AvgIpc) is 2.72. The van der Waals surface area contributed by atoms with Crippen molar-refractivity contribution < 1.29 is 14.4 Å². The number of rotatable bonds is 2. The molecule has 0 amide bonds. The van der Waals surface area contributed by atoms with Gasteiger partial charge in [-0.15, -0.1) is 0 Å². The topological polar surface area (TPSA) is 68.4 Å². The maximum atomic E-state index is 10.5. The lowest BCUT2D eigenvalue weighted by molar-refractivity contribution is -0.0385. The normalized spacial score (nSPS) is 33.0. The molecule has 0 radical (unpaired) electrons. The van der Waals surface area contributed by atoms with Crippen LogP contribution in [0.3, 0.4) is 0 Å². The van der Waals surface area contributed by atoms with Crippen LogP contribution in [-0.2, 0) is 16.6 Å². The summed E-state index contributed by atoms with van der Waals surface area (Å²) in [7, 11) is 0. The van der Waals surface area contributed by atoms with Crippen LogP contribution in [0.4, 0.5) is 0 Å². The van der Waals surface area contributed by atoms with E-state index < -0.39 is 5.60 Å². The second-order valence-electron chi connectivity index (χ2n) is 6.34. The predicted octanol–water partition coefficient (Wildman–Crippen LogP) is 1.84. The van der Waals surface area contributed by atoms with Gasteiger partial charge in [-0.3, -0.25) is 0 Å². The zero-order chi connectivity index (χ0) is 13.6. The average molecular weight is 254 g/mol. The van der Waals surface area contributed by atoms with Gasteiger partial charge in [0.05, 0.1) is 18.6 Å². The maximum Gasteiger partial charge on any atom is 0.229 e. The SMILES string of the molecule is CC1CC(O)(Cc2nc(C(C)(C)C)no2)C(C)O1. The van der Waals surface area contributed by atoms with Crippen LogP contribution >= 0.6 is 0 Å². The molecule has 0 aromatic carbocycles. The molecule has 0 aliphatic carbocycles. The minimum Gasteiger partial charge on any atom is -0.387 e. The van der Waals surface area contributed by atoms with Crippen molar-refractivity contribution in [3.05, 3.63) is 11.7 Å². The minimum atomic E-state index is -0.902. The second-order valence-corrected chi connectivity index (χ2v) is 6.34. The summed E-state index contributed by atoms with van der Waals surface area (Å²) in [6.07, 6.45) is 0.802. The highest BCUT2D eigenvalue weighted by molar-refractivity contribution is 5.04. The zero-order valence-corrected chi connectivity index (χ0v) is 11.7. The molecule has 0 spiro atoms. The van der Waals surface area contributed by atoms with Crippen LogP contribution in [0, 0.1) is 0 Å². The van der Waals surface area contributed by atoms with E-state index in [4.69, 9.17) is 9.26 Å². The summed E-state index contributed by atoms with van der Waals surface area (Å²) < 4.78 is 10.8. The molecule has 18 heavy (non-hydrogen) atoms. The Morgan fingerprint density at radius 2 is 2.06 bits per heavy atom. The first-order chi connectivity index (χ1) is 8.21. The van der Waals surface area contributed by atoms with Gasteiger partial charge in [0, 0.05) is 11.8 Å². The van der Waals surface area contributed by atoms with Crippen LogP contribution in [0.1, 0.15) is 52.8 Å². The van der Waals surface area contributed by atoms with Crippen LogP contribution in [-0.4, -0.2) is 33.1 Å². The maximum absolute atomic E-state index is 10.5. The Morgan fingerprint density at radius 3 is 2.50 bits per heavy atom. The van der Waals surface area contributed by atoms with Crippen molar-refractivity contribution in [3.63, 3.8) is 0 Å². The summed E-state index contributed by atoms with van der Waals surface area (Å²) in [5, 5.41) is 14.5. The largest absolute Gasteiger partial charge is 0.387 e. The van der Waals surface area contributed by atoms with Gasteiger partial charge in [-0.05, 0) is 13.8 Å². The summed E-state index contributed by atoms with van der Waals surface area (Å²) in [6.45, 7) is 9.92. The highest BCUT2D eigenvalue weighted by Crippen LogP contribution is 2.33. The fourth-order valence-electron chi connectivity index (χ4n) is 2.30. The Balaban J connectivity index is 2.12. The molecule has 1 aromatic rings. The molecule has 5 nitrogen and oxygen atoms in total. The summed E-state index contributed by atoms with van der Waals surface area (Å²) >= 11 is 0. The molecule has 1 saturated heterocycles. The fraction of sp³-hybridized carbons (Fsp3) is 0.846. The molecule has 0 saturated carbocycles. The van der Waals surface area contributed by atoms with Crippen molar-refractivity contribution in [1.82, 2.24) is 10.1 Å². The van der Waals surface area contributed by atoms with E-state index in [2.05, 4.69) is 10.1 Å². The van der Waals surface area contributed by atoms with E-state index in [1.165, 1.54) is 0 Å². The zero-order valence-electron chi connectivity index (χ0n) is 11.7. The monoisotopic (exact) mass is 254 g/mol. The van der Waals surface area contributed by atoms with E-state index >= 15 is 0 Å². The van der Waals surface area contributed by atoms with Crippen LogP contribution in [0.2, 0.25) is 0 Å². The molecule has 3 unspecified atom stereocenters. The van der Waals surface area contributed by atoms with Crippen molar-refractivity contribution in [2.24, 2.45) is 0 Å². The number of ether oxygens (including phenoxy) is 1. The number of nitrogens with zero attached hydrogens (tertiary/aromatic N) is 2. The lowest BCUT2D eigenvalue weighted by atomic mass is 9.91. The molecule has 1 fully saturated rings. The van der Waals surface area contributed by atoms with Crippen molar-refractivity contribution in [2.75, 3.05) is 0 Å². The lowest BCUT2D eigenvalue weighted by Gasteiger charge is -2.23. The summed E-state index contributed by atoms with van der Waals surface area (Å²) in [6, 6.07) is 0. The van der Waals surface area contributed by atoms with Gasteiger partial charge in [0.1, 0.15) is 5.60 Å². The first kappa shape index (κ1) is 13.5. The number of aromatic nitrogens is 2. The summed E-state index contributed by atoms with van der Waals surface area (Å²) in [5.41, 5.74) is -1.05. The molecule has 2 heterocycles. The number of hydrogen-bond acceptors (Lipinski definition) is 5. The molecule has 1 aromatic heterocycles. The van der Waals surface area contributed by atoms with E-state index in [1.54, 1.807) is 0 Å². The molecular weight excluding hydrogens is 232 g/mol. The van der Waals surface area contributed by atoms with E-state index in [9.17, 15) is 5.11 Å². The van der Waals surface area contributed by atoms with Crippen LogP contribution < -0.4 is 0 Å². The quantitative estimate of drug-likeness (QED) is 0.872. The number of hydrogen-bond donors (Lipinski definition) is 1. The first-order valence-corrected chi connectivity index (χ1v) is 6.41. The molecule has 1 aliphatic heterocycles. The molecule has 0 bridgehead atoms. The molecule has 5 heteroatoms. The second kappa shape index (κ2) is 4.31. The molecule has 1 N–H and O–H groups in total. The minimum absolute atomic E-state index is 0.0648. The van der Waals surface area contributed by atoms with Gasteiger partial charge in [-0.2, -0.15) is 4.98 Å². The first-order valence-electron chi connectivity index (χ1n) is 6.41. The van der Waals surface area contributed by atoms with Gasteiger partial charge in [-0.25, -0.2) is 0 Å². The van der Waals surface area contributed by atoms with Gasteiger partial charge >= 0.3 is 0 Å². The Hall–Kier alpha value is -0.940. The van der Waals surface area contributed by atoms with E-state index in [0.29, 0.717) is 24.6 Å². The van der Waals surface area contributed by atoms with Crippen LogP contribution in [0.25, 0.3) is 0 Å². The van der Waals surface area contributed by atoms with Crippen molar-refractivity contribution in [3.8, 4) is 0 Å². The Morgan fingerprint density at radius 1 is 1.39 bits per heavy atom. The van der Waals surface area contributed by atoms with E-state index in [0.717, 1.165) is 0 Å². The lowest BCUT2D eigenvalue weighted by Crippen LogP contribution is -2.38. The Kier molecular flexibility index (Phi) is 3.23. The van der Waals surface area contributed by atoms with Gasteiger partial charge in [0.25, 0.3) is 0 Å². The highest BCUT2D eigenvalue weighted by atomic mass is 16.5. The van der Waals surface area contributed by atoms with Crippen molar-refractivity contribution in [2.45, 2.75) is 70.7 Å². The third kappa shape index (κ3) is 2.57. The molecule has 2 rings (SSSR count). The summed E-state index contributed by atoms with van der Waals surface area (Å²) in [4.78, 5) is 4.36.